The molecule has 0 unspecified atom stereocenters. The van der Waals surface area contributed by atoms with Gasteiger partial charge in [-0.25, -0.2) is 0 Å². The van der Waals surface area contributed by atoms with E-state index >= 15 is 0 Å². The summed E-state index contributed by atoms with van der Waals surface area (Å²) in [7, 11) is 4.11. The number of nitrogens with one attached hydrogen (secondary N) is 1. The lowest BCUT2D eigenvalue weighted by Crippen LogP contribution is -2.42. The predicted molar refractivity (Wildman–Crippen MR) is 64.8 cm³/mol. The first kappa shape index (κ1) is 14.4. The van der Waals surface area contributed by atoms with Gasteiger partial charge in [0, 0.05) is 12.0 Å². The van der Waals surface area contributed by atoms with Crippen molar-refractivity contribution in [3.63, 3.8) is 0 Å². The molecular weight excluding hydrogens is 188 g/mol. The van der Waals surface area contributed by atoms with E-state index in [1.54, 1.807) is 0 Å². The van der Waals surface area contributed by atoms with Crippen LogP contribution in [0, 0.1) is 11.8 Å². The van der Waals surface area contributed by atoms with Crippen LogP contribution in [-0.2, 0) is 4.79 Å². The molecule has 1 N–H and O–H groups in total. The molecule has 90 valence electrons. The van der Waals surface area contributed by atoms with Crippen LogP contribution in [0.15, 0.2) is 0 Å². The SMILES string of the molecule is CC(C)C(=O)N[C@H](CCN(C)C)C(C)C. The van der Waals surface area contributed by atoms with E-state index in [9.17, 15) is 4.79 Å². The van der Waals surface area contributed by atoms with Gasteiger partial charge in [-0.1, -0.05) is 27.7 Å². The molecule has 0 fully saturated rings. The molecule has 3 heteroatoms. The summed E-state index contributed by atoms with van der Waals surface area (Å²) in [5.41, 5.74) is 0. The molecule has 0 aliphatic rings. The number of nitrogens with zero attached hydrogens (tertiary/aromatic N) is 1. The summed E-state index contributed by atoms with van der Waals surface area (Å²) in [5.74, 6) is 0.728. The second-order valence-corrected chi connectivity index (χ2v) is 5.11. The zero-order valence-electron chi connectivity index (χ0n) is 11.0. The number of carbonyl (C=O) groups is 1. The quantitative estimate of drug-likeness (QED) is 0.730. The van der Waals surface area contributed by atoms with E-state index in [4.69, 9.17) is 0 Å². The minimum Gasteiger partial charge on any atom is -0.353 e. The average molecular weight is 214 g/mol. The highest BCUT2D eigenvalue weighted by Crippen LogP contribution is 2.07. The van der Waals surface area contributed by atoms with Gasteiger partial charge in [0.25, 0.3) is 0 Å². The summed E-state index contributed by atoms with van der Waals surface area (Å²) in [6.45, 7) is 9.18. The van der Waals surface area contributed by atoms with Crippen molar-refractivity contribution in [2.24, 2.45) is 11.8 Å². The largest absolute Gasteiger partial charge is 0.353 e. The average Bonchev–Trinajstić information content (AvgIpc) is 2.10. The Morgan fingerprint density at radius 3 is 2.07 bits per heavy atom. The summed E-state index contributed by atoms with van der Waals surface area (Å²) < 4.78 is 0. The number of hydrogen-bond acceptors (Lipinski definition) is 2. The van der Waals surface area contributed by atoms with Crippen molar-refractivity contribution >= 4 is 5.91 Å². The molecule has 0 rings (SSSR count). The van der Waals surface area contributed by atoms with Crippen LogP contribution >= 0.6 is 0 Å². The Morgan fingerprint density at radius 1 is 1.20 bits per heavy atom. The van der Waals surface area contributed by atoms with Gasteiger partial charge in [-0.3, -0.25) is 4.79 Å². The molecule has 0 aromatic heterocycles. The van der Waals surface area contributed by atoms with Gasteiger partial charge in [0.1, 0.15) is 0 Å². The third kappa shape index (κ3) is 6.50. The van der Waals surface area contributed by atoms with Crippen molar-refractivity contribution in [3.8, 4) is 0 Å². The minimum absolute atomic E-state index is 0.0746. The van der Waals surface area contributed by atoms with Crippen LogP contribution in [0.2, 0.25) is 0 Å². The Labute approximate surface area is 94.2 Å². The molecule has 3 nitrogen and oxygen atoms in total. The third-order valence-electron chi connectivity index (χ3n) is 2.54. The molecule has 0 aromatic carbocycles. The lowest BCUT2D eigenvalue weighted by Gasteiger charge is -2.24. The Balaban J connectivity index is 4.10. The molecule has 0 saturated carbocycles. The summed E-state index contributed by atoms with van der Waals surface area (Å²) in [6, 6.07) is 0.294. The topological polar surface area (TPSA) is 32.3 Å². The van der Waals surface area contributed by atoms with E-state index in [0.717, 1.165) is 13.0 Å². The summed E-state index contributed by atoms with van der Waals surface area (Å²) >= 11 is 0. The lowest BCUT2D eigenvalue weighted by molar-refractivity contribution is -0.125. The van der Waals surface area contributed by atoms with Gasteiger partial charge in [-0.05, 0) is 33.0 Å². The standard InChI is InChI=1S/C12H26N2O/c1-9(2)11(7-8-14(5)6)13-12(15)10(3)4/h9-11H,7-8H2,1-6H3,(H,13,15)/t11-/m1/s1. The van der Waals surface area contributed by atoms with Crippen LogP contribution in [0.3, 0.4) is 0 Å². The van der Waals surface area contributed by atoms with Crippen molar-refractivity contribution < 1.29 is 4.79 Å². The lowest BCUT2D eigenvalue weighted by atomic mass is 10.00. The first-order chi connectivity index (χ1) is 6.84. The predicted octanol–water partition coefficient (Wildman–Crippen LogP) is 1.73. The first-order valence-electron chi connectivity index (χ1n) is 5.79. The van der Waals surface area contributed by atoms with Crippen LogP contribution < -0.4 is 5.32 Å². The number of rotatable bonds is 6. The van der Waals surface area contributed by atoms with E-state index < -0.39 is 0 Å². The van der Waals surface area contributed by atoms with E-state index in [-0.39, 0.29) is 11.8 Å². The first-order valence-corrected chi connectivity index (χ1v) is 5.79. The third-order valence-corrected chi connectivity index (χ3v) is 2.54. The maximum Gasteiger partial charge on any atom is 0.222 e. The van der Waals surface area contributed by atoms with Crippen molar-refractivity contribution in [1.29, 1.82) is 0 Å². The fraction of sp³-hybridized carbons (Fsp3) is 0.917. The van der Waals surface area contributed by atoms with Crippen LogP contribution in [0.4, 0.5) is 0 Å². The fourth-order valence-electron chi connectivity index (χ4n) is 1.32. The van der Waals surface area contributed by atoms with Gasteiger partial charge < -0.3 is 10.2 Å². The van der Waals surface area contributed by atoms with E-state index in [2.05, 4.69) is 38.2 Å². The zero-order chi connectivity index (χ0) is 12.0. The van der Waals surface area contributed by atoms with Gasteiger partial charge in [0.15, 0.2) is 0 Å². The fourth-order valence-corrected chi connectivity index (χ4v) is 1.32. The molecular formula is C12H26N2O. The number of amides is 1. The molecule has 1 atom stereocenters. The minimum atomic E-state index is 0.0746. The van der Waals surface area contributed by atoms with Gasteiger partial charge in [0.2, 0.25) is 5.91 Å². The normalized spacial score (nSPS) is 13.7. The molecule has 1 amide bonds. The van der Waals surface area contributed by atoms with Gasteiger partial charge in [0.05, 0.1) is 0 Å². The van der Waals surface area contributed by atoms with Crippen LogP contribution in [-0.4, -0.2) is 37.5 Å². The van der Waals surface area contributed by atoms with E-state index in [0.29, 0.717) is 12.0 Å². The highest BCUT2D eigenvalue weighted by atomic mass is 16.1. The molecule has 15 heavy (non-hydrogen) atoms. The summed E-state index contributed by atoms with van der Waals surface area (Å²) in [4.78, 5) is 13.7. The molecule has 0 heterocycles. The van der Waals surface area contributed by atoms with Gasteiger partial charge in [-0.2, -0.15) is 0 Å². The highest BCUT2D eigenvalue weighted by Gasteiger charge is 2.17. The maximum absolute atomic E-state index is 11.6. The molecule has 0 aliphatic carbocycles. The Bertz CT molecular complexity index is 188. The molecule has 0 radical (unpaired) electrons. The molecule has 0 saturated heterocycles. The van der Waals surface area contributed by atoms with Gasteiger partial charge >= 0.3 is 0 Å². The molecule has 0 aliphatic heterocycles. The Kier molecular flexibility index (Phi) is 6.57. The Hall–Kier alpha value is -0.570. The molecule has 0 aromatic rings. The summed E-state index contributed by atoms with van der Waals surface area (Å²) in [5, 5.41) is 3.11. The second-order valence-electron chi connectivity index (χ2n) is 5.11. The van der Waals surface area contributed by atoms with Gasteiger partial charge in [-0.15, -0.1) is 0 Å². The van der Waals surface area contributed by atoms with Crippen molar-refractivity contribution in [1.82, 2.24) is 10.2 Å². The molecule has 0 bridgehead atoms. The zero-order valence-corrected chi connectivity index (χ0v) is 11.0. The van der Waals surface area contributed by atoms with Crippen molar-refractivity contribution in [2.45, 2.75) is 40.2 Å². The van der Waals surface area contributed by atoms with Crippen LogP contribution in [0.5, 0.6) is 0 Å². The van der Waals surface area contributed by atoms with Crippen molar-refractivity contribution in [3.05, 3.63) is 0 Å². The van der Waals surface area contributed by atoms with Crippen LogP contribution in [0.25, 0.3) is 0 Å². The molecule has 0 spiro atoms. The number of hydrogen-bond donors (Lipinski definition) is 1. The van der Waals surface area contributed by atoms with Crippen LogP contribution in [0.1, 0.15) is 34.1 Å². The highest BCUT2D eigenvalue weighted by molar-refractivity contribution is 5.78. The maximum atomic E-state index is 11.6. The van der Waals surface area contributed by atoms with Crippen molar-refractivity contribution in [2.75, 3.05) is 20.6 Å². The Morgan fingerprint density at radius 2 is 1.73 bits per heavy atom. The monoisotopic (exact) mass is 214 g/mol. The van der Waals surface area contributed by atoms with E-state index in [1.165, 1.54) is 0 Å². The second kappa shape index (κ2) is 6.83. The van der Waals surface area contributed by atoms with E-state index in [1.807, 2.05) is 13.8 Å². The number of carbonyl (C=O) groups excluding carboxylic acids is 1. The summed E-state index contributed by atoms with van der Waals surface area (Å²) in [6.07, 6.45) is 1.02. The smallest absolute Gasteiger partial charge is 0.222 e.